The molecule has 6 heteroatoms. The average Bonchev–Trinajstić information content (AvgIpc) is 3.03. The first-order valence-electron chi connectivity index (χ1n) is 7.74. The molecule has 5 nitrogen and oxygen atoms in total. The summed E-state index contributed by atoms with van der Waals surface area (Å²) in [5.74, 6) is -1.05. The van der Waals surface area contributed by atoms with E-state index in [1.807, 2.05) is 30.3 Å². The van der Waals surface area contributed by atoms with Crippen LogP contribution in [0.2, 0.25) is 5.02 Å². The maximum absolute atomic E-state index is 12.2. The van der Waals surface area contributed by atoms with E-state index in [2.05, 4.69) is 5.32 Å². The van der Waals surface area contributed by atoms with Crippen molar-refractivity contribution in [1.29, 1.82) is 0 Å². The lowest BCUT2D eigenvalue weighted by Gasteiger charge is -2.12. The van der Waals surface area contributed by atoms with Gasteiger partial charge in [-0.1, -0.05) is 41.9 Å². The van der Waals surface area contributed by atoms with Crippen molar-refractivity contribution in [3.8, 4) is 0 Å². The quantitative estimate of drug-likeness (QED) is 0.702. The highest BCUT2D eigenvalue weighted by atomic mass is 35.5. The van der Waals surface area contributed by atoms with Gasteiger partial charge in [-0.2, -0.15) is 0 Å². The first-order chi connectivity index (χ1) is 12.0. The SMILES string of the molecule is C[C@H](OC(=O)c1cc2cc(Cl)ccc2o1)C(=O)NCc1ccccc1. The number of carbonyl (C=O) groups is 2. The van der Waals surface area contributed by atoms with Crippen LogP contribution in [0.25, 0.3) is 11.0 Å². The molecule has 1 N–H and O–H groups in total. The Morgan fingerprint density at radius 3 is 2.68 bits per heavy atom. The Bertz CT molecular complexity index is 904. The van der Waals surface area contributed by atoms with Gasteiger partial charge in [-0.05, 0) is 36.8 Å². The lowest BCUT2D eigenvalue weighted by atomic mass is 10.2. The number of amides is 1. The molecule has 1 amide bonds. The number of nitrogens with one attached hydrogen (secondary N) is 1. The van der Waals surface area contributed by atoms with Crippen molar-refractivity contribution in [2.75, 3.05) is 0 Å². The minimum absolute atomic E-state index is 0.0278. The van der Waals surface area contributed by atoms with Gasteiger partial charge in [-0.25, -0.2) is 4.79 Å². The lowest BCUT2D eigenvalue weighted by molar-refractivity contribution is -0.129. The van der Waals surface area contributed by atoms with Crippen LogP contribution in [0.3, 0.4) is 0 Å². The Morgan fingerprint density at radius 1 is 1.16 bits per heavy atom. The number of benzene rings is 2. The van der Waals surface area contributed by atoms with E-state index in [9.17, 15) is 9.59 Å². The third-order valence-electron chi connectivity index (χ3n) is 3.64. The maximum Gasteiger partial charge on any atom is 0.375 e. The van der Waals surface area contributed by atoms with Gasteiger partial charge >= 0.3 is 5.97 Å². The molecule has 0 aliphatic carbocycles. The molecular formula is C19H16ClNO4. The minimum Gasteiger partial charge on any atom is -0.449 e. The van der Waals surface area contributed by atoms with E-state index in [0.29, 0.717) is 22.5 Å². The van der Waals surface area contributed by atoms with E-state index in [0.717, 1.165) is 5.56 Å². The molecule has 2 aromatic carbocycles. The highest BCUT2D eigenvalue weighted by Crippen LogP contribution is 2.23. The molecule has 3 rings (SSSR count). The van der Waals surface area contributed by atoms with E-state index in [1.165, 1.54) is 13.0 Å². The van der Waals surface area contributed by atoms with Gasteiger partial charge in [0.1, 0.15) is 5.58 Å². The summed E-state index contributed by atoms with van der Waals surface area (Å²) in [4.78, 5) is 24.2. The first-order valence-corrected chi connectivity index (χ1v) is 8.12. The zero-order valence-electron chi connectivity index (χ0n) is 13.5. The molecule has 0 saturated carbocycles. The van der Waals surface area contributed by atoms with Crippen molar-refractivity contribution in [2.45, 2.75) is 19.6 Å². The van der Waals surface area contributed by atoms with Crippen LogP contribution < -0.4 is 5.32 Å². The van der Waals surface area contributed by atoms with Crippen LogP contribution in [0.4, 0.5) is 0 Å². The Kier molecular flexibility index (Phi) is 5.05. The van der Waals surface area contributed by atoms with Gasteiger partial charge in [-0.15, -0.1) is 0 Å². The van der Waals surface area contributed by atoms with Crippen LogP contribution in [0.5, 0.6) is 0 Å². The van der Waals surface area contributed by atoms with E-state index in [4.69, 9.17) is 20.8 Å². The number of ether oxygens (including phenoxy) is 1. The summed E-state index contributed by atoms with van der Waals surface area (Å²) in [5.41, 5.74) is 1.49. The van der Waals surface area contributed by atoms with E-state index < -0.39 is 12.1 Å². The predicted molar refractivity (Wildman–Crippen MR) is 94.4 cm³/mol. The topological polar surface area (TPSA) is 68.5 Å². The van der Waals surface area contributed by atoms with Crippen LogP contribution >= 0.6 is 11.6 Å². The fraction of sp³-hybridized carbons (Fsp3) is 0.158. The minimum atomic E-state index is -0.937. The summed E-state index contributed by atoms with van der Waals surface area (Å²) in [6, 6.07) is 16.0. The molecule has 0 aliphatic heterocycles. The molecule has 0 fully saturated rings. The second-order valence-electron chi connectivity index (χ2n) is 5.54. The summed E-state index contributed by atoms with van der Waals surface area (Å²) in [7, 11) is 0. The second-order valence-corrected chi connectivity index (χ2v) is 5.98. The largest absolute Gasteiger partial charge is 0.449 e. The molecular weight excluding hydrogens is 342 g/mol. The molecule has 1 heterocycles. The number of hydrogen-bond donors (Lipinski definition) is 1. The summed E-state index contributed by atoms with van der Waals surface area (Å²) in [6.45, 7) is 1.88. The molecule has 0 aliphatic rings. The van der Waals surface area contributed by atoms with Crippen molar-refractivity contribution in [3.05, 3.63) is 70.9 Å². The monoisotopic (exact) mass is 357 g/mol. The Labute approximate surface area is 149 Å². The summed E-state index contributed by atoms with van der Waals surface area (Å²) >= 11 is 5.91. The smallest absolute Gasteiger partial charge is 0.375 e. The highest BCUT2D eigenvalue weighted by molar-refractivity contribution is 6.31. The zero-order chi connectivity index (χ0) is 17.8. The number of fused-ring (bicyclic) bond motifs is 1. The van der Waals surface area contributed by atoms with Crippen LogP contribution in [-0.4, -0.2) is 18.0 Å². The first kappa shape index (κ1) is 17.0. The van der Waals surface area contributed by atoms with Gasteiger partial charge in [0.15, 0.2) is 6.10 Å². The Balaban J connectivity index is 1.59. The molecule has 3 aromatic rings. The van der Waals surface area contributed by atoms with Crippen LogP contribution in [0.1, 0.15) is 23.0 Å². The molecule has 1 atom stereocenters. The Morgan fingerprint density at radius 2 is 1.92 bits per heavy atom. The maximum atomic E-state index is 12.2. The van der Waals surface area contributed by atoms with Crippen LogP contribution in [0, 0.1) is 0 Å². The number of rotatable bonds is 5. The molecule has 0 unspecified atom stereocenters. The summed E-state index contributed by atoms with van der Waals surface area (Å²) in [6.07, 6.45) is -0.937. The third-order valence-corrected chi connectivity index (χ3v) is 3.88. The van der Waals surface area contributed by atoms with E-state index in [-0.39, 0.29) is 11.7 Å². The van der Waals surface area contributed by atoms with Gasteiger partial charge in [0.05, 0.1) is 0 Å². The Hall–Kier alpha value is -2.79. The fourth-order valence-corrected chi connectivity index (χ4v) is 2.50. The molecule has 128 valence electrons. The van der Waals surface area contributed by atoms with Crippen molar-refractivity contribution in [1.82, 2.24) is 5.32 Å². The zero-order valence-corrected chi connectivity index (χ0v) is 14.2. The third kappa shape index (κ3) is 4.19. The summed E-state index contributed by atoms with van der Waals surface area (Å²) in [5, 5.41) is 3.96. The van der Waals surface area contributed by atoms with Gasteiger partial charge in [0.25, 0.3) is 5.91 Å². The standard InChI is InChI=1S/C19H16ClNO4/c1-12(18(22)21-11-13-5-3-2-4-6-13)24-19(23)17-10-14-9-15(20)7-8-16(14)25-17/h2-10,12H,11H2,1H3,(H,21,22)/t12-/m0/s1. The molecule has 0 bridgehead atoms. The molecule has 0 spiro atoms. The van der Waals surface area contributed by atoms with Crippen molar-refractivity contribution >= 4 is 34.4 Å². The molecule has 25 heavy (non-hydrogen) atoms. The van der Waals surface area contributed by atoms with Gasteiger partial charge < -0.3 is 14.5 Å². The van der Waals surface area contributed by atoms with E-state index in [1.54, 1.807) is 18.2 Å². The fourth-order valence-electron chi connectivity index (χ4n) is 2.32. The molecule has 0 saturated heterocycles. The molecule has 1 aromatic heterocycles. The number of halogens is 1. The number of carbonyl (C=O) groups excluding carboxylic acids is 2. The number of furan rings is 1. The summed E-state index contributed by atoms with van der Waals surface area (Å²) < 4.78 is 10.6. The van der Waals surface area contributed by atoms with Gasteiger partial charge in [0, 0.05) is 17.0 Å². The van der Waals surface area contributed by atoms with Crippen molar-refractivity contribution in [3.63, 3.8) is 0 Å². The number of esters is 1. The van der Waals surface area contributed by atoms with Crippen molar-refractivity contribution in [2.24, 2.45) is 0 Å². The van der Waals surface area contributed by atoms with Crippen LogP contribution in [0.15, 0.2) is 59.0 Å². The predicted octanol–water partition coefficient (Wildman–Crippen LogP) is 3.95. The van der Waals surface area contributed by atoms with Crippen molar-refractivity contribution < 1.29 is 18.7 Å². The van der Waals surface area contributed by atoms with Gasteiger partial charge in [-0.3, -0.25) is 4.79 Å². The van der Waals surface area contributed by atoms with E-state index >= 15 is 0 Å². The number of hydrogen-bond acceptors (Lipinski definition) is 4. The normalized spacial score (nSPS) is 11.9. The molecule has 0 radical (unpaired) electrons. The average molecular weight is 358 g/mol. The van der Waals surface area contributed by atoms with Gasteiger partial charge in [0.2, 0.25) is 5.76 Å². The second kappa shape index (κ2) is 7.40. The highest BCUT2D eigenvalue weighted by Gasteiger charge is 2.21. The van der Waals surface area contributed by atoms with Crippen LogP contribution in [-0.2, 0) is 16.1 Å². The lowest BCUT2D eigenvalue weighted by Crippen LogP contribution is -2.35.